The zero-order valence-corrected chi connectivity index (χ0v) is 8.47. The summed E-state index contributed by atoms with van der Waals surface area (Å²) in [5.74, 6) is 0.507. The van der Waals surface area contributed by atoms with Crippen molar-refractivity contribution in [2.45, 2.75) is 26.4 Å². The predicted molar refractivity (Wildman–Crippen MR) is 55.1 cm³/mol. The van der Waals surface area contributed by atoms with E-state index in [1.54, 1.807) is 6.20 Å². The average Bonchev–Trinajstić information content (AvgIpc) is 2.68. The van der Waals surface area contributed by atoms with Gasteiger partial charge in [0.2, 0.25) is 0 Å². The van der Waals surface area contributed by atoms with E-state index in [4.69, 9.17) is 4.84 Å². The van der Waals surface area contributed by atoms with Gasteiger partial charge in [-0.25, -0.2) is 0 Å². The first-order chi connectivity index (χ1) is 6.77. The summed E-state index contributed by atoms with van der Waals surface area (Å²) in [6.45, 7) is 4.29. The number of nitrogens with zero attached hydrogens (tertiary/aromatic N) is 2. The highest BCUT2D eigenvalue weighted by molar-refractivity contribution is 6.00. The fraction of sp³-hybridized carbons (Fsp3) is 0.455. The van der Waals surface area contributed by atoms with Gasteiger partial charge < -0.3 is 4.84 Å². The van der Waals surface area contributed by atoms with E-state index in [1.807, 2.05) is 18.3 Å². The monoisotopic (exact) mass is 190 g/mol. The van der Waals surface area contributed by atoms with Crippen molar-refractivity contribution < 1.29 is 4.84 Å². The molecule has 0 aliphatic carbocycles. The van der Waals surface area contributed by atoms with Gasteiger partial charge in [-0.2, -0.15) is 0 Å². The van der Waals surface area contributed by atoms with E-state index in [0.717, 1.165) is 17.7 Å². The van der Waals surface area contributed by atoms with Gasteiger partial charge in [-0.1, -0.05) is 19.0 Å². The molecule has 1 aliphatic rings. The molecule has 0 fully saturated rings. The summed E-state index contributed by atoms with van der Waals surface area (Å²) in [6, 6.07) is 3.93. The Balaban J connectivity index is 2.09. The summed E-state index contributed by atoms with van der Waals surface area (Å²) < 4.78 is 0. The highest BCUT2D eigenvalue weighted by Crippen LogP contribution is 2.21. The highest BCUT2D eigenvalue weighted by atomic mass is 16.6. The molecule has 2 heterocycles. The second kappa shape index (κ2) is 3.78. The molecule has 1 aromatic heterocycles. The van der Waals surface area contributed by atoms with Crippen LogP contribution in [-0.2, 0) is 4.84 Å². The smallest absolute Gasteiger partial charge is 0.135 e. The fourth-order valence-electron chi connectivity index (χ4n) is 1.46. The molecule has 0 saturated carbocycles. The van der Waals surface area contributed by atoms with Crippen LogP contribution >= 0.6 is 0 Å². The molecule has 0 spiro atoms. The minimum Gasteiger partial charge on any atom is -0.392 e. The number of rotatable bonds is 2. The molecule has 74 valence electrons. The predicted octanol–water partition coefficient (Wildman–Crippen LogP) is 2.23. The van der Waals surface area contributed by atoms with E-state index in [-0.39, 0.29) is 6.10 Å². The molecule has 0 bridgehead atoms. The first kappa shape index (κ1) is 9.19. The Morgan fingerprint density at radius 1 is 1.50 bits per heavy atom. The van der Waals surface area contributed by atoms with E-state index in [1.165, 1.54) is 0 Å². The summed E-state index contributed by atoms with van der Waals surface area (Å²) >= 11 is 0. The van der Waals surface area contributed by atoms with Gasteiger partial charge in [0.1, 0.15) is 6.10 Å². The van der Waals surface area contributed by atoms with Crippen molar-refractivity contribution >= 4 is 5.71 Å². The van der Waals surface area contributed by atoms with Crippen LogP contribution in [0.4, 0.5) is 0 Å². The third-order valence-corrected chi connectivity index (χ3v) is 2.43. The van der Waals surface area contributed by atoms with Crippen LogP contribution < -0.4 is 0 Å². The van der Waals surface area contributed by atoms with Crippen molar-refractivity contribution in [3.05, 3.63) is 30.1 Å². The Morgan fingerprint density at radius 2 is 2.36 bits per heavy atom. The quantitative estimate of drug-likeness (QED) is 0.716. The number of oxime groups is 1. The van der Waals surface area contributed by atoms with Crippen LogP contribution in [0, 0.1) is 5.92 Å². The number of aromatic nitrogens is 1. The molecule has 0 N–H and O–H groups in total. The minimum absolute atomic E-state index is 0.227. The molecule has 1 atom stereocenters. The topological polar surface area (TPSA) is 34.5 Å². The van der Waals surface area contributed by atoms with E-state index < -0.39 is 0 Å². The standard InChI is InChI=1S/C11H14N2O/c1-8(2)11-6-10(13-14-11)9-4-3-5-12-7-9/h3-5,7-8,11H,6H2,1-2H3. The Bertz CT molecular complexity index is 332. The third kappa shape index (κ3) is 1.76. The van der Waals surface area contributed by atoms with E-state index in [2.05, 4.69) is 24.0 Å². The summed E-state index contributed by atoms with van der Waals surface area (Å²) in [6.07, 6.45) is 4.71. The molecular weight excluding hydrogens is 176 g/mol. The van der Waals surface area contributed by atoms with E-state index in [9.17, 15) is 0 Å². The Morgan fingerprint density at radius 3 is 2.93 bits per heavy atom. The van der Waals surface area contributed by atoms with Crippen LogP contribution in [0.3, 0.4) is 0 Å². The number of hydrogen-bond acceptors (Lipinski definition) is 3. The number of pyridine rings is 1. The van der Waals surface area contributed by atoms with Crippen molar-refractivity contribution in [3.8, 4) is 0 Å². The lowest BCUT2D eigenvalue weighted by Gasteiger charge is -2.10. The average molecular weight is 190 g/mol. The lowest BCUT2D eigenvalue weighted by molar-refractivity contribution is 0.0521. The maximum atomic E-state index is 5.34. The van der Waals surface area contributed by atoms with Crippen LogP contribution in [0.2, 0.25) is 0 Å². The molecule has 1 unspecified atom stereocenters. The molecule has 0 aromatic carbocycles. The lowest BCUT2D eigenvalue weighted by Crippen LogP contribution is -2.15. The van der Waals surface area contributed by atoms with Gasteiger partial charge in [-0.05, 0) is 18.1 Å². The normalized spacial score (nSPS) is 20.8. The van der Waals surface area contributed by atoms with Gasteiger partial charge in [0.15, 0.2) is 0 Å². The van der Waals surface area contributed by atoms with Gasteiger partial charge in [-0.15, -0.1) is 0 Å². The minimum atomic E-state index is 0.227. The molecule has 1 aliphatic heterocycles. The van der Waals surface area contributed by atoms with Crippen LogP contribution in [0.25, 0.3) is 0 Å². The lowest BCUT2D eigenvalue weighted by atomic mass is 9.99. The van der Waals surface area contributed by atoms with Crippen LogP contribution in [0.5, 0.6) is 0 Å². The molecular formula is C11H14N2O. The van der Waals surface area contributed by atoms with Crippen molar-refractivity contribution in [2.24, 2.45) is 11.1 Å². The molecule has 14 heavy (non-hydrogen) atoms. The second-order valence-corrected chi connectivity index (χ2v) is 3.87. The summed E-state index contributed by atoms with van der Waals surface area (Å²) in [5.41, 5.74) is 2.08. The van der Waals surface area contributed by atoms with E-state index in [0.29, 0.717) is 5.92 Å². The highest BCUT2D eigenvalue weighted by Gasteiger charge is 2.24. The molecule has 3 heteroatoms. The SMILES string of the molecule is CC(C)C1CC(c2cccnc2)=NO1. The summed E-state index contributed by atoms with van der Waals surface area (Å²) in [7, 11) is 0. The Labute approximate surface area is 83.8 Å². The molecule has 1 aromatic rings. The molecule has 0 amide bonds. The second-order valence-electron chi connectivity index (χ2n) is 3.87. The van der Waals surface area contributed by atoms with Crippen molar-refractivity contribution in [1.82, 2.24) is 4.98 Å². The maximum Gasteiger partial charge on any atom is 0.135 e. The van der Waals surface area contributed by atoms with Crippen LogP contribution in [0.15, 0.2) is 29.7 Å². The molecule has 0 radical (unpaired) electrons. The fourth-order valence-corrected chi connectivity index (χ4v) is 1.46. The van der Waals surface area contributed by atoms with Gasteiger partial charge >= 0.3 is 0 Å². The van der Waals surface area contributed by atoms with Crippen molar-refractivity contribution in [3.63, 3.8) is 0 Å². The zero-order chi connectivity index (χ0) is 9.97. The van der Waals surface area contributed by atoms with Crippen molar-refractivity contribution in [2.75, 3.05) is 0 Å². The third-order valence-electron chi connectivity index (χ3n) is 2.43. The Hall–Kier alpha value is -1.38. The van der Waals surface area contributed by atoms with Crippen molar-refractivity contribution in [1.29, 1.82) is 0 Å². The first-order valence-electron chi connectivity index (χ1n) is 4.90. The maximum absolute atomic E-state index is 5.34. The number of hydrogen-bond donors (Lipinski definition) is 0. The van der Waals surface area contributed by atoms with Gasteiger partial charge in [-0.3, -0.25) is 4.98 Å². The van der Waals surface area contributed by atoms with Gasteiger partial charge in [0, 0.05) is 24.4 Å². The van der Waals surface area contributed by atoms with Gasteiger partial charge in [0.05, 0.1) is 5.71 Å². The largest absolute Gasteiger partial charge is 0.392 e. The molecule has 2 rings (SSSR count). The van der Waals surface area contributed by atoms with Gasteiger partial charge in [0.25, 0.3) is 0 Å². The van der Waals surface area contributed by atoms with Crippen LogP contribution in [-0.4, -0.2) is 16.8 Å². The molecule has 3 nitrogen and oxygen atoms in total. The zero-order valence-electron chi connectivity index (χ0n) is 8.47. The van der Waals surface area contributed by atoms with E-state index >= 15 is 0 Å². The first-order valence-corrected chi connectivity index (χ1v) is 4.90. The van der Waals surface area contributed by atoms with Crippen LogP contribution in [0.1, 0.15) is 25.8 Å². The Kier molecular flexibility index (Phi) is 2.48. The summed E-state index contributed by atoms with van der Waals surface area (Å²) in [4.78, 5) is 9.40. The molecule has 0 saturated heterocycles. The summed E-state index contributed by atoms with van der Waals surface area (Å²) in [5, 5.41) is 4.09.